The Labute approximate surface area is 202 Å². The number of methoxy groups -OCH3 is 1. The van der Waals surface area contributed by atoms with Gasteiger partial charge in [0.15, 0.2) is 5.78 Å². The fraction of sp³-hybridized carbons (Fsp3) is 0.667. The molecule has 2 fully saturated rings. The highest BCUT2D eigenvalue weighted by Crippen LogP contribution is 2.42. The Hall–Kier alpha value is -2.57. The Kier molecular flexibility index (Phi) is 6.92. The molecule has 0 spiro atoms. The fourth-order valence-electron chi connectivity index (χ4n) is 5.76. The summed E-state index contributed by atoms with van der Waals surface area (Å²) < 4.78 is 17.0. The Morgan fingerprint density at radius 1 is 1.18 bits per heavy atom. The van der Waals surface area contributed by atoms with E-state index in [9.17, 15) is 14.4 Å². The molecule has 3 aliphatic heterocycles. The molecule has 1 aromatic carbocycles. The van der Waals surface area contributed by atoms with E-state index < -0.39 is 5.60 Å². The zero-order chi connectivity index (χ0) is 24.6. The summed E-state index contributed by atoms with van der Waals surface area (Å²) in [6, 6.07) is 5.85. The van der Waals surface area contributed by atoms with Crippen molar-refractivity contribution in [2.75, 3.05) is 7.11 Å². The standard InChI is InChI=1S/C27H37NO6/c1-16(25(30)32-5)11-17-9-10-21-22(29)15-23(33-24(21)12-17)18-13-19-7-6-8-20(14-18)28(19)26(31)34-27(2,3)4/h9-10,12,16,18-20,23H,6-8,11,13-15H2,1-5H3. The molecule has 2 saturated heterocycles. The van der Waals surface area contributed by atoms with Crippen LogP contribution in [-0.4, -0.2) is 53.6 Å². The van der Waals surface area contributed by atoms with Crippen molar-refractivity contribution in [1.82, 2.24) is 4.90 Å². The monoisotopic (exact) mass is 471 g/mol. The number of amides is 1. The van der Waals surface area contributed by atoms with Crippen molar-refractivity contribution in [2.45, 2.75) is 96.4 Å². The highest BCUT2D eigenvalue weighted by molar-refractivity contribution is 6.00. The Morgan fingerprint density at radius 2 is 1.85 bits per heavy atom. The van der Waals surface area contributed by atoms with Gasteiger partial charge in [0.1, 0.15) is 17.5 Å². The van der Waals surface area contributed by atoms with Crippen molar-refractivity contribution in [1.29, 1.82) is 0 Å². The van der Waals surface area contributed by atoms with Gasteiger partial charge in [0.05, 0.1) is 18.6 Å². The third-order valence-corrected chi connectivity index (χ3v) is 7.30. The summed E-state index contributed by atoms with van der Waals surface area (Å²) in [5.41, 5.74) is 1.03. The summed E-state index contributed by atoms with van der Waals surface area (Å²) in [5, 5.41) is 0. The van der Waals surface area contributed by atoms with Crippen LogP contribution < -0.4 is 4.74 Å². The molecule has 0 N–H and O–H groups in total. The maximum atomic E-state index is 13.0. The number of carbonyl (C=O) groups is 3. The van der Waals surface area contributed by atoms with Gasteiger partial charge in [0.25, 0.3) is 0 Å². The molecule has 4 atom stereocenters. The average Bonchev–Trinajstić information content (AvgIpc) is 2.76. The number of ether oxygens (including phenoxy) is 3. The molecule has 0 radical (unpaired) electrons. The summed E-state index contributed by atoms with van der Waals surface area (Å²) in [4.78, 5) is 39.6. The number of carbonyl (C=O) groups excluding carboxylic acids is 3. The summed E-state index contributed by atoms with van der Waals surface area (Å²) in [5.74, 6) is 0.392. The smallest absolute Gasteiger partial charge is 0.410 e. The van der Waals surface area contributed by atoms with E-state index in [1.807, 2.05) is 50.8 Å². The Balaban J connectivity index is 1.47. The van der Waals surface area contributed by atoms with Gasteiger partial charge in [-0.3, -0.25) is 9.59 Å². The first kappa shape index (κ1) is 24.6. The van der Waals surface area contributed by atoms with Crippen LogP contribution in [0.1, 0.15) is 82.1 Å². The topological polar surface area (TPSA) is 82.1 Å². The lowest BCUT2D eigenvalue weighted by Crippen LogP contribution is -2.57. The van der Waals surface area contributed by atoms with Crippen LogP contribution in [0.3, 0.4) is 0 Å². The molecular weight excluding hydrogens is 434 g/mol. The summed E-state index contributed by atoms with van der Waals surface area (Å²) in [6.45, 7) is 7.52. The number of Topliss-reactive ketones (excluding diaryl/α,β-unsaturated/α-hetero) is 1. The van der Waals surface area contributed by atoms with Crippen molar-refractivity contribution in [3.63, 3.8) is 0 Å². The molecule has 34 heavy (non-hydrogen) atoms. The van der Waals surface area contributed by atoms with E-state index in [1.165, 1.54) is 7.11 Å². The molecule has 2 bridgehead atoms. The minimum atomic E-state index is -0.520. The van der Waals surface area contributed by atoms with Crippen LogP contribution in [0.25, 0.3) is 0 Å². The normalized spacial score (nSPS) is 27.3. The SMILES string of the molecule is COC(=O)C(C)Cc1ccc2c(c1)OC(C1CC3CCCC(C1)N3C(=O)OC(C)(C)C)CC2=O. The maximum absolute atomic E-state index is 13.0. The van der Waals surface area contributed by atoms with E-state index >= 15 is 0 Å². The number of hydrogen-bond acceptors (Lipinski definition) is 6. The number of benzene rings is 1. The van der Waals surface area contributed by atoms with Crippen LogP contribution in [0.15, 0.2) is 18.2 Å². The third kappa shape index (κ3) is 5.23. The Bertz CT molecular complexity index is 937. The predicted octanol–water partition coefficient (Wildman–Crippen LogP) is 4.94. The molecule has 0 aromatic heterocycles. The second kappa shape index (κ2) is 9.59. The van der Waals surface area contributed by atoms with E-state index in [-0.39, 0.29) is 47.9 Å². The lowest BCUT2D eigenvalue weighted by Gasteiger charge is -2.50. The number of piperidine rings is 2. The number of nitrogens with zero attached hydrogens (tertiary/aromatic N) is 1. The van der Waals surface area contributed by atoms with Crippen LogP contribution in [0.2, 0.25) is 0 Å². The van der Waals surface area contributed by atoms with Gasteiger partial charge in [0, 0.05) is 24.4 Å². The van der Waals surface area contributed by atoms with Crippen LogP contribution in [0.5, 0.6) is 5.75 Å². The highest BCUT2D eigenvalue weighted by atomic mass is 16.6. The first-order valence-corrected chi connectivity index (χ1v) is 12.5. The second-order valence-corrected chi connectivity index (χ2v) is 11.1. The molecule has 4 rings (SSSR count). The highest BCUT2D eigenvalue weighted by Gasteiger charge is 2.46. The number of ketones is 1. The number of fused-ring (bicyclic) bond motifs is 3. The quantitative estimate of drug-likeness (QED) is 0.579. The molecule has 7 heteroatoms. The summed E-state index contributed by atoms with van der Waals surface area (Å²) >= 11 is 0. The lowest BCUT2D eigenvalue weighted by molar-refractivity contribution is -0.144. The molecule has 4 unspecified atom stereocenters. The fourth-order valence-corrected chi connectivity index (χ4v) is 5.76. The van der Waals surface area contributed by atoms with Crippen molar-refractivity contribution < 1.29 is 28.6 Å². The molecule has 3 aliphatic rings. The first-order chi connectivity index (χ1) is 16.1. The van der Waals surface area contributed by atoms with Gasteiger partial charge in [-0.1, -0.05) is 13.0 Å². The Morgan fingerprint density at radius 3 is 2.47 bits per heavy atom. The zero-order valence-electron chi connectivity index (χ0n) is 21.0. The zero-order valence-corrected chi connectivity index (χ0v) is 21.0. The third-order valence-electron chi connectivity index (χ3n) is 7.30. The molecule has 0 saturated carbocycles. The molecule has 1 amide bonds. The number of rotatable bonds is 4. The minimum Gasteiger partial charge on any atom is -0.489 e. The van der Waals surface area contributed by atoms with Crippen molar-refractivity contribution in [3.8, 4) is 5.75 Å². The van der Waals surface area contributed by atoms with Crippen molar-refractivity contribution in [3.05, 3.63) is 29.3 Å². The lowest BCUT2D eigenvalue weighted by atomic mass is 9.75. The molecule has 186 valence electrons. The van der Waals surface area contributed by atoms with Gasteiger partial charge >= 0.3 is 12.1 Å². The van der Waals surface area contributed by atoms with E-state index in [0.717, 1.165) is 37.7 Å². The largest absolute Gasteiger partial charge is 0.489 e. The van der Waals surface area contributed by atoms with Crippen LogP contribution >= 0.6 is 0 Å². The van der Waals surface area contributed by atoms with Gasteiger partial charge in [-0.2, -0.15) is 0 Å². The van der Waals surface area contributed by atoms with Gasteiger partial charge in [0.2, 0.25) is 0 Å². The maximum Gasteiger partial charge on any atom is 0.410 e. The van der Waals surface area contributed by atoms with Gasteiger partial charge in [-0.05, 0) is 77.0 Å². The first-order valence-electron chi connectivity index (χ1n) is 12.5. The van der Waals surface area contributed by atoms with Gasteiger partial charge in [-0.25, -0.2) is 4.79 Å². The number of esters is 1. The minimum absolute atomic E-state index is 0.0959. The van der Waals surface area contributed by atoms with Crippen molar-refractivity contribution >= 4 is 17.8 Å². The summed E-state index contributed by atoms with van der Waals surface area (Å²) in [6.07, 6.45) is 5.13. The molecule has 0 aliphatic carbocycles. The predicted molar refractivity (Wildman–Crippen MR) is 127 cm³/mol. The van der Waals surface area contributed by atoms with E-state index in [1.54, 1.807) is 0 Å². The van der Waals surface area contributed by atoms with Gasteiger partial charge in [-0.15, -0.1) is 0 Å². The van der Waals surface area contributed by atoms with Crippen LogP contribution in [-0.2, 0) is 20.7 Å². The average molecular weight is 472 g/mol. The molecule has 7 nitrogen and oxygen atoms in total. The van der Waals surface area contributed by atoms with E-state index in [2.05, 4.69) is 0 Å². The van der Waals surface area contributed by atoms with E-state index in [0.29, 0.717) is 24.2 Å². The molecule has 3 heterocycles. The molecular formula is C27H37NO6. The van der Waals surface area contributed by atoms with E-state index in [4.69, 9.17) is 14.2 Å². The van der Waals surface area contributed by atoms with Crippen LogP contribution in [0, 0.1) is 11.8 Å². The van der Waals surface area contributed by atoms with Crippen LogP contribution in [0.4, 0.5) is 4.79 Å². The van der Waals surface area contributed by atoms with Crippen molar-refractivity contribution in [2.24, 2.45) is 11.8 Å². The summed E-state index contributed by atoms with van der Waals surface area (Å²) in [7, 11) is 1.39. The second-order valence-electron chi connectivity index (χ2n) is 11.1. The molecule has 1 aromatic rings. The number of hydrogen-bond donors (Lipinski definition) is 0. The van der Waals surface area contributed by atoms with Gasteiger partial charge < -0.3 is 19.1 Å².